The Morgan fingerprint density at radius 3 is 2.55 bits per heavy atom. The predicted molar refractivity (Wildman–Crippen MR) is 105 cm³/mol. The Morgan fingerprint density at radius 1 is 1.00 bits per heavy atom. The summed E-state index contributed by atoms with van der Waals surface area (Å²) in [5, 5.41) is 4.24. The summed E-state index contributed by atoms with van der Waals surface area (Å²) in [4.78, 5) is 11.8. The summed E-state index contributed by atoms with van der Waals surface area (Å²) < 4.78 is 53.9. The van der Waals surface area contributed by atoms with E-state index >= 15 is 0 Å². The molecule has 5 aromatic rings. The third-order valence-electron chi connectivity index (χ3n) is 4.92. The van der Waals surface area contributed by atoms with Crippen LogP contribution in [-0.2, 0) is 12.8 Å². The molecule has 5 rings (SSSR count). The number of aromatic nitrogens is 6. The van der Waals surface area contributed by atoms with E-state index in [-0.39, 0.29) is 17.0 Å². The van der Waals surface area contributed by atoms with E-state index in [0.717, 1.165) is 17.1 Å². The number of nitrogens with one attached hydrogen (secondary N) is 1. The van der Waals surface area contributed by atoms with Crippen molar-refractivity contribution < 1.29 is 17.6 Å². The summed E-state index contributed by atoms with van der Waals surface area (Å²) in [6.45, 7) is 0.119. The lowest BCUT2D eigenvalue weighted by atomic mass is 10.0. The minimum atomic E-state index is -4.59. The highest BCUT2D eigenvalue weighted by Gasteiger charge is 2.31. The zero-order valence-corrected chi connectivity index (χ0v) is 15.8. The monoisotopic (exact) mass is 426 g/mol. The van der Waals surface area contributed by atoms with E-state index < -0.39 is 6.30 Å². The molecule has 31 heavy (non-hydrogen) atoms. The van der Waals surface area contributed by atoms with Gasteiger partial charge in [-0.05, 0) is 36.4 Å². The maximum atomic E-state index is 13.4. The van der Waals surface area contributed by atoms with Crippen LogP contribution in [0, 0.1) is 5.82 Å². The van der Waals surface area contributed by atoms with Crippen LogP contribution < -0.4 is 0 Å². The Balaban J connectivity index is 1.66. The van der Waals surface area contributed by atoms with Crippen LogP contribution in [0.1, 0.15) is 5.56 Å². The molecule has 4 heterocycles. The van der Waals surface area contributed by atoms with E-state index in [9.17, 15) is 17.6 Å². The van der Waals surface area contributed by atoms with Crippen molar-refractivity contribution in [1.29, 1.82) is 0 Å². The van der Waals surface area contributed by atoms with Crippen molar-refractivity contribution in [1.82, 2.24) is 29.3 Å². The van der Waals surface area contributed by atoms with Crippen LogP contribution in [0.5, 0.6) is 0 Å². The standard InChI is InChI=1S/C21H14F4N6/c22-15-3-1-14(2-4-15)18-19(16-5-7-26-20-17(16)6-8-27-20)30(12-28-18)10-13-9-29-31(11-13)21(23,24)25/h1-9,11-12H,10H2,(H,26,27). The fourth-order valence-electron chi connectivity index (χ4n) is 3.55. The summed E-state index contributed by atoms with van der Waals surface area (Å²) in [5.41, 5.74) is 3.77. The van der Waals surface area contributed by atoms with Gasteiger partial charge in [0.1, 0.15) is 11.5 Å². The van der Waals surface area contributed by atoms with Gasteiger partial charge in [-0.25, -0.2) is 14.4 Å². The largest absolute Gasteiger partial charge is 0.504 e. The van der Waals surface area contributed by atoms with Gasteiger partial charge in [-0.3, -0.25) is 0 Å². The first kappa shape index (κ1) is 19.0. The average Bonchev–Trinajstić information content (AvgIpc) is 3.47. The van der Waals surface area contributed by atoms with Crippen LogP contribution >= 0.6 is 0 Å². The molecule has 0 radical (unpaired) electrons. The van der Waals surface area contributed by atoms with Crippen LogP contribution in [0.4, 0.5) is 17.6 Å². The van der Waals surface area contributed by atoms with Gasteiger partial charge in [0, 0.05) is 40.7 Å². The number of halogens is 4. The molecular weight excluding hydrogens is 412 g/mol. The normalized spacial score (nSPS) is 12.0. The van der Waals surface area contributed by atoms with E-state index in [0.29, 0.717) is 28.2 Å². The molecule has 0 amide bonds. The summed E-state index contributed by atoms with van der Waals surface area (Å²) >= 11 is 0. The van der Waals surface area contributed by atoms with Crippen LogP contribution in [0.15, 0.2) is 67.5 Å². The highest BCUT2D eigenvalue weighted by Crippen LogP contribution is 2.35. The van der Waals surface area contributed by atoms with E-state index in [1.54, 1.807) is 35.4 Å². The molecule has 0 saturated heterocycles. The molecule has 6 nitrogen and oxygen atoms in total. The number of rotatable bonds is 4. The second kappa shape index (κ2) is 7.08. The second-order valence-corrected chi connectivity index (χ2v) is 6.94. The molecule has 0 saturated carbocycles. The third-order valence-corrected chi connectivity index (χ3v) is 4.92. The van der Waals surface area contributed by atoms with Crippen molar-refractivity contribution >= 4 is 11.0 Å². The smallest absolute Gasteiger partial charge is 0.346 e. The molecule has 4 aromatic heterocycles. The lowest BCUT2D eigenvalue weighted by Gasteiger charge is -2.11. The number of hydrogen-bond donors (Lipinski definition) is 1. The van der Waals surface area contributed by atoms with Crippen molar-refractivity contribution in [3.63, 3.8) is 0 Å². The first-order valence-corrected chi connectivity index (χ1v) is 9.24. The molecular formula is C21H14F4N6. The molecule has 0 atom stereocenters. The van der Waals surface area contributed by atoms with Crippen molar-refractivity contribution in [2.24, 2.45) is 0 Å². The van der Waals surface area contributed by atoms with Gasteiger partial charge < -0.3 is 9.55 Å². The quantitative estimate of drug-likeness (QED) is 0.414. The lowest BCUT2D eigenvalue weighted by molar-refractivity contribution is -0.212. The Morgan fingerprint density at radius 2 is 1.81 bits per heavy atom. The first-order valence-electron chi connectivity index (χ1n) is 9.24. The van der Waals surface area contributed by atoms with Crippen molar-refractivity contribution in [3.8, 4) is 22.5 Å². The Kier molecular flexibility index (Phi) is 4.35. The van der Waals surface area contributed by atoms with Gasteiger partial charge in [-0.2, -0.15) is 9.78 Å². The zero-order chi connectivity index (χ0) is 21.6. The van der Waals surface area contributed by atoms with Gasteiger partial charge in [-0.15, -0.1) is 13.2 Å². The predicted octanol–water partition coefficient (Wildman–Crippen LogP) is 4.95. The number of pyridine rings is 1. The van der Waals surface area contributed by atoms with Crippen molar-refractivity contribution in [2.45, 2.75) is 12.8 Å². The second-order valence-electron chi connectivity index (χ2n) is 6.94. The molecule has 0 fully saturated rings. The van der Waals surface area contributed by atoms with Crippen molar-refractivity contribution in [2.75, 3.05) is 0 Å². The molecule has 0 spiro atoms. The topological polar surface area (TPSA) is 64.3 Å². The van der Waals surface area contributed by atoms with Gasteiger partial charge in [0.25, 0.3) is 0 Å². The molecule has 10 heteroatoms. The number of alkyl halides is 3. The molecule has 1 aromatic carbocycles. The number of H-pyrrole nitrogens is 1. The number of benzene rings is 1. The number of nitrogens with zero attached hydrogens (tertiary/aromatic N) is 5. The van der Waals surface area contributed by atoms with Gasteiger partial charge in [0.2, 0.25) is 0 Å². The lowest BCUT2D eigenvalue weighted by Crippen LogP contribution is -2.16. The van der Waals surface area contributed by atoms with E-state index in [1.165, 1.54) is 18.3 Å². The minimum absolute atomic E-state index is 0.0311. The minimum Gasteiger partial charge on any atom is -0.346 e. The Labute approximate surface area is 172 Å². The van der Waals surface area contributed by atoms with Crippen LogP contribution in [0.2, 0.25) is 0 Å². The first-order chi connectivity index (χ1) is 14.9. The Bertz CT molecular complexity index is 1360. The maximum Gasteiger partial charge on any atom is 0.504 e. The van der Waals surface area contributed by atoms with Crippen LogP contribution in [0.25, 0.3) is 33.5 Å². The van der Waals surface area contributed by atoms with Gasteiger partial charge in [-0.1, -0.05) is 0 Å². The van der Waals surface area contributed by atoms with Gasteiger partial charge >= 0.3 is 6.30 Å². The summed E-state index contributed by atoms with van der Waals surface area (Å²) in [6.07, 6.45) is 2.48. The van der Waals surface area contributed by atoms with E-state index in [4.69, 9.17) is 0 Å². The number of aromatic amines is 1. The average molecular weight is 426 g/mol. The van der Waals surface area contributed by atoms with Gasteiger partial charge in [0.05, 0.1) is 30.5 Å². The van der Waals surface area contributed by atoms with Crippen LogP contribution in [0.3, 0.4) is 0 Å². The summed E-state index contributed by atoms with van der Waals surface area (Å²) in [5.74, 6) is -0.374. The van der Waals surface area contributed by atoms with Crippen molar-refractivity contribution in [3.05, 3.63) is 78.9 Å². The molecule has 0 bridgehead atoms. The van der Waals surface area contributed by atoms with Crippen LogP contribution in [-0.4, -0.2) is 29.3 Å². The van der Waals surface area contributed by atoms with E-state index in [2.05, 4.69) is 20.1 Å². The molecule has 156 valence electrons. The summed E-state index contributed by atoms with van der Waals surface area (Å²) in [6, 6.07) is 9.58. The SMILES string of the molecule is Fc1ccc(-c2ncn(Cc3cnn(C(F)(F)F)c3)c2-c2ccnc3[nH]ccc23)cc1. The third kappa shape index (κ3) is 3.45. The number of hydrogen-bond acceptors (Lipinski definition) is 3. The Hall–Kier alpha value is -3.95. The van der Waals surface area contributed by atoms with Gasteiger partial charge in [0.15, 0.2) is 0 Å². The maximum absolute atomic E-state index is 13.4. The molecule has 0 aliphatic carbocycles. The highest BCUT2D eigenvalue weighted by molar-refractivity contribution is 5.95. The number of imidazole rings is 1. The fraction of sp³-hybridized carbons (Fsp3) is 0.0952. The molecule has 1 N–H and O–H groups in total. The zero-order valence-electron chi connectivity index (χ0n) is 15.8. The van der Waals surface area contributed by atoms with E-state index in [1.807, 2.05) is 12.1 Å². The molecule has 0 unspecified atom stereocenters. The number of fused-ring (bicyclic) bond motifs is 1. The highest BCUT2D eigenvalue weighted by atomic mass is 19.4. The fourth-order valence-corrected chi connectivity index (χ4v) is 3.55. The summed E-state index contributed by atoms with van der Waals surface area (Å²) in [7, 11) is 0. The molecule has 0 aliphatic rings. The molecule has 0 aliphatic heterocycles.